The van der Waals surface area contributed by atoms with Gasteiger partial charge < -0.3 is 4.57 Å². The van der Waals surface area contributed by atoms with Gasteiger partial charge in [-0.25, -0.2) is 4.98 Å². The normalized spacial score (nSPS) is 10.2. The maximum Gasteiger partial charge on any atom is 0.169 e. The molecule has 1 heterocycles. The minimum absolute atomic E-state index is 0.138. The van der Waals surface area contributed by atoms with Crippen molar-refractivity contribution < 1.29 is 4.79 Å². The van der Waals surface area contributed by atoms with Gasteiger partial charge in [0.05, 0.1) is 11.9 Å². The first-order valence-electron chi connectivity index (χ1n) is 3.40. The number of ketones is 1. The largest absolute Gasteiger partial charge is 0.313 e. The van der Waals surface area contributed by atoms with Crippen molar-refractivity contribution in [3.63, 3.8) is 0 Å². The van der Waals surface area contributed by atoms with Crippen LogP contribution >= 0.6 is 23.4 Å². The van der Waals surface area contributed by atoms with Gasteiger partial charge in [0, 0.05) is 7.05 Å². The van der Waals surface area contributed by atoms with E-state index in [2.05, 4.69) is 4.98 Å². The van der Waals surface area contributed by atoms with E-state index in [4.69, 9.17) is 11.6 Å². The third-order valence-corrected chi connectivity index (χ3v) is 2.83. The van der Waals surface area contributed by atoms with Crippen molar-refractivity contribution in [2.75, 3.05) is 5.75 Å². The lowest BCUT2D eigenvalue weighted by Crippen LogP contribution is -1.97. The van der Waals surface area contributed by atoms with Crippen LogP contribution in [0.2, 0.25) is 5.15 Å². The summed E-state index contributed by atoms with van der Waals surface area (Å²) in [7, 11) is 1.82. The van der Waals surface area contributed by atoms with Gasteiger partial charge in [-0.15, -0.1) is 0 Å². The third kappa shape index (κ3) is 2.25. The highest BCUT2D eigenvalue weighted by Crippen LogP contribution is 2.19. The van der Waals surface area contributed by atoms with Crippen LogP contribution in [0.15, 0.2) is 11.4 Å². The van der Waals surface area contributed by atoms with Crippen molar-refractivity contribution in [2.24, 2.45) is 7.05 Å². The molecule has 3 nitrogen and oxygen atoms in total. The Kier molecular flexibility index (Phi) is 3.17. The quantitative estimate of drug-likeness (QED) is 0.704. The van der Waals surface area contributed by atoms with Crippen molar-refractivity contribution in [2.45, 2.75) is 12.1 Å². The average molecular weight is 205 g/mol. The zero-order chi connectivity index (χ0) is 9.14. The van der Waals surface area contributed by atoms with Gasteiger partial charge in [-0.05, 0) is 6.92 Å². The minimum atomic E-state index is 0.138. The molecular weight excluding hydrogens is 196 g/mol. The zero-order valence-electron chi connectivity index (χ0n) is 6.87. The molecule has 0 aliphatic carbocycles. The van der Waals surface area contributed by atoms with Crippen LogP contribution in [-0.4, -0.2) is 21.1 Å². The summed E-state index contributed by atoms with van der Waals surface area (Å²) in [6, 6.07) is 0. The molecule has 12 heavy (non-hydrogen) atoms. The summed E-state index contributed by atoms with van der Waals surface area (Å²) in [5, 5.41) is 1.36. The van der Waals surface area contributed by atoms with E-state index in [0.717, 1.165) is 5.16 Å². The summed E-state index contributed by atoms with van der Waals surface area (Å²) in [6.45, 7) is 1.55. The molecule has 0 saturated heterocycles. The predicted octanol–water partition coefficient (Wildman–Crippen LogP) is 1.75. The van der Waals surface area contributed by atoms with Crippen LogP contribution in [0.25, 0.3) is 0 Å². The molecule has 1 aromatic rings. The summed E-state index contributed by atoms with van der Waals surface area (Å²) < 4.78 is 1.75. The molecule has 0 unspecified atom stereocenters. The number of imidazole rings is 1. The van der Waals surface area contributed by atoms with E-state index in [1.165, 1.54) is 11.8 Å². The third-order valence-electron chi connectivity index (χ3n) is 1.29. The van der Waals surface area contributed by atoms with E-state index < -0.39 is 0 Å². The van der Waals surface area contributed by atoms with Gasteiger partial charge in [0.15, 0.2) is 5.16 Å². The van der Waals surface area contributed by atoms with Crippen LogP contribution in [0.5, 0.6) is 0 Å². The first kappa shape index (κ1) is 9.61. The van der Waals surface area contributed by atoms with Crippen LogP contribution in [0.3, 0.4) is 0 Å². The Morgan fingerprint density at radius 1 is 1.83 bits per heavy atom. The van der Waals surface area contributed by atoms with Crippen molar-refractivity contribution in [3.8, 4) is 0 Å². The van der Waals surface area contributed by atoms with E-state index in [1.807, 2.05) is 7.05 Å². The van der Waals surface area contributed by atoms with Crippen molar-refractivity contribution >= 4 is 29.1 Å². The number of halogens is 1. The Labute approximate surface area is 80.1 Å². The van der Waals surface area contributed by atoms with Gasteiger partial charge in [-0.2, -0.15) is 0 Å². The number of rotatable bonds is 3. The predicted molar refractivity (Wildman–Crippen MR) is 49.6 cm³/mol. The Bertz CT molecular complexity index is 298. The molecule has 0 radical (unpaired) electrons. The molecule has 0 fully saturated rings. The summed E-state index contributed by atoms with van der Waals surface area (Å²) in [5.74, 6) is 0.584. The highest BCUT2D eigenvalue weighted by molar-refractivity contribution is 7.99. The molecule has 0 saturated carbocycles. The Morgan fingerprint density at radius 3 is 2.92 bits per heavy atom. The van der Waals surface area contributed by atoms with Gasteiger partial charge in [0.1, 0.15) is 10.9 Å². The maximum atomic E-state index is 10.6. The molecule has 0 amide bonds. The molecule has 66 valence electrons. The van der Waals surface area contributed by atoms with Crippen molar-refractivity contribution in [3.05, 3.63) is 11.3 Å². The average Bonchev–Trinajstić information content (AvgIpc) is 2.30. The fourth-order valence-electron chi connectivity index (χ4n) is 0.673. The van der Waals surface area contributed by atoms with Crippen molar-refractivity contribution in [1.29, 1.82) is 0 Å². The van der Waals surface area contributed by atoms with Gasteiger partial charge in [0.25, 0.3) is 0 Å². The number of carbonyl (C=O) groups excluding carboxylic acids is 1. The van der Waals surface area contributed by atoms with E-state index in [9.17, 15) is 4.79 Å². The van der Waals surface area contributed by atoms with Gasteiger partial charge in [0.2, 0.25) is 0 Å². The number of hydrogen-bond donors (Lipinski definition) is 0. The standard InChI is InChI=1S/C7H9ClN2OS/c1-5(11)4-12-7-9-3-6(8)10(7)2/h3H,4H2,1-2H3. The van der Waals surface area contributed by atoms with Gasteiger partial charge in [-0.3, -0.25) is 4.79 Å². The molecule has 1 rings (SSSR count). The SMILES string of the molecule is CC(=O)CSc1ncc(Cl)n1C. The fraction of sp³-hybridized carbons (Fsp3) is 0.429. The molecule has 0 aromatic carbocycles. The monoisotopic (exact) mass is 204 g/mol. The summed E-state index contributed by atoms with van der Waals surface area (Å²) >= 11 is 7.14. The molecule has 1 aromatic heterocycles. The zero-order valence-corrected chi connectivity index (χ0v) is 8.45. The van der Waals surface area contributed by atoms with Crippen LogP contribution in [0.4, 0.5) is 0 Å². The minimum Gasteiger partial charge on any atom is -0.313 e. The second-order valence-corrected chi connectivity index (χ2v) is 3.74. The lowest BCUT2D eigenvalue weighted by atomic mass is 10.5. The van der Waals surface area contributed by atoms with Crippen LogP contribution < -0.4 is 0 Å². The first-order valence-corrected chi connectivity index (χ1v) is 4.77. The van der Waals surface area contributed by atoms with Crippen molar-refractivity contribution in [1.82, 2.24) is 9.55 Å². The number of Topliss-reactive ketones (excluding diaryl/α,β-unsaturated/α-hetero) is 1. The number of aromatic nitrogens is 2. The van der Waals surface area contributed by atoms with E-state index in [0.29, 0.717) is 10.9 Å². The Morgan fingerprint density at radius 2 is 2.50 bits per heavy atom. The smallest absolute Gasteiger partial charge is 0.169 e. The summed E-state index contributed by atoms with van der Waals surface area (Å²) in [5.41, 5.74) is 0. The van der Waals surface area contributed by atoms with E-state index >= 15 is 0 Å². The van der Waals surface area contributed by atoms with Crippen LogP contribution in [-0.2, 0) is 11.8 Å². The number of hydrogen-bond acceptors (Lipinski definition) is 3. The van der Waals surface area contributed by atoms with Crippen LogP contribution in [0.1, 0.15) is 6.92 Å². The van der Waals surface area contributed by atoms with Gasteiger partial charge >= 0.3 is 0 Å². The molecule has 0 atom stereocenters. The summed E-state index contributed by atoms with van der Waals surface area (Å²) in [4.78, 5) is 14.7. The molecule has 0 bridgehead atoms. The fourth-order valence-corrected chi connectivity index (χ4v) is 1.60. The van der Waals surface area contributed by atoms with E-state index in [1.54, 1.807) is 17.7 Å². The second-order valence-electron chi connectivity index (χ2n) is 2.41. The molecule has 5 heteroatoms. The molecular formula is C7H9ClN2OS. The first-order chi connectivity index (χ1) is 5.61. The maximum absolute atomic E-state index is 10.6. The highest BCUT2D eigenvalue weighted by atomic mass is 35.5. The number of carbonyl (C=O) groups is 1. The number of thioether (sulfide) groups is 1. The topological polar surface area (TPSA) is 34.9 Å². The van der Waals surface area contributed by atoms with E-state index in [-0.39, 0.29) is 5.78 Å². The number of nitrogens with zero attached hydrogens (tertiary/aromatic N) is 2. The second kappa shape index (κ2) is 3.96. The molecule has 0 N–H and O–H groups in total. The molecule has 0 aliphatic rings. The highest BCUT2D eigenvalue weighted by Gasteiger charge is 2.05. The lowest BCUT2D eigenvalue weighted by Gasteiger charge is -1.98. The van der Waals surface area contributed by atoms with Gasteiger partial charge in [-0.1, -0.05) is 23.4 Å². The van der Waals surface area contributed by atoms with Crippen LogP contribution in [0, 0.1) is 0 Å². The molecule has 0 aliphatic heterocycles. The molecule has 0 spiro atoms. The Hall–Kier alpha value is -0.480. The Balaban J connectivity index is 2.63. The summed E-state index contributed by atoms with van der Waals surface area (Å²) in [6.07, 6.45) is 1.57. The lowest BCUT2D eigenvalue weighted by molar-refractivity contribution is -0.114.